The molecule has 3 rings (SSSR count). The summed E-state index contributed by atoms with van der Waals surface area (Å²) in [6.45, 7) is 4.69. The van der Waals surface area contributed by atoms with Crippen molar-refractivity contribution in [3.8, 4) is 5.75 Å². The zero-order valence-corrected chi connectivity index (χ0v) is 14.9. The second-order valence-corrected chi connectivity index (χ2v) is 7.57. The van der Waals surface area contributed by atoms with E-state index in [9.17, 15) is 13.2 Å². The maximum absolute atomic E-state index is 12.3. The van der Waals surface area contributed by atoms with Crippen molar-refractivity contribution in [3.05, 3.63) is 40.2 Å². The van der Waals surface area contributed by atoms with Crippen LogP contribution in [0.15, 0.2) is 29.1 Å². The van der Waals surface area contributed by atoms with Crippen LogP contribution in [0.3, 0.4) is 0 Å². The number of hydrogen-bond acceptors (Lipinski definition) is 5. The summed E-state index contributed by atoms with van der Waals surface area (Å²) in [5.41, 5.74) is 1.27. The van der Waals surface area contributed by atoms with Gasteiger partial charge < -0.3 is 9.72 Å². The van der Waals surface area contributed by atoms with Crippen LogP contribution in [0.2, 0.25) is 0 Å². The molecule has 2 aromatic rings. The van der Waals surface area contributed by atoms with E-state index in [4.69, 9.17) is 9.88 Å². The number of hydrogen-bond donors (Lipinski definition) is 2. The monoisotopic (exact) mass is 366 g/mol. The zero-order chi connectivity index (χ0) is 18.0. The molecule has 0 unspecified atom stereocenters. The fraction of sp³-hybridized carbons (Fsp3) is 0.438. The lowest BCUT2D eigenvalue weighted by Crippen LogP contribution is -2.50. The lowest BCUT2D eigenvalue weighted by molar-refractivity contribution is 0.181. The minimum atomic E-state index is -3.64. The molecule has 1 saturated heterocycles. The highest BCUT2D eigenvalue weighted by molar-refractivity contribution is 7.86. The lowest BCUT2D eigenvalue weighted by Gasteiger charge is -2.32. The van der Waals surface area contributed by atoms with Crippen LogP contribution in [-0.4, -0.2) is 55.4 Å². The number of H-pyrrole nitrogens is 1. The van der Waals surface area contributed by atoms with Crippen molar-refractivity contribution in [2.24, 2.45) is 5.14 Å². The van der Waals surface area contributed by atoms with Gasteiger partial charge in [0.25, 0.3) is 15.8 Å². The van der Waals surface area contributed by atoms with Crippen molar-refractivity contribution in [3.63, 3.8) is 0 Å². The number of nitrogens with zero attached hydrogens (tertiary/aromatic N) is 2. The molecular formula is C16H22N4O4S. The Kier molecular flexibility index (Phi) is 5.09. The summed E-state index contributed by atoms with van der Waals surface area (Å²) in [5, 5.41) is 6.05. The second kappa shape index (κ2) is 7.12. The number of nitrogens with one attached hydrogen (secondary N) is 1. The Morgan fingerprint density at radius 2 is 1.92 bits per heavy atom. The van der Waals surface area contributed by atoms with Crippen LogP contribution in [0.25, 0.3) is 10.9 Å². The Bertz CT molecular complexity index is 917. The van der Waals surface area contributed by atoms with Gasteiger partial charge in [0.1, 0.15) is 5.75 Å². The molecular weight excluding hydrogens is 344 g/mol. The van der Waals surface area contributed by atoms with Gasteiger partial charge >= 0.3 is 0 Å². The van der Waals surface area contributed by atoms with Crippen LogP contribution in [0.4, 0.5) is 0 Å². The summed E-state index contributed by atoms with van der Waals surface area (Å²) in [5.74, 6) is 0.759. The average molecular weight is 366 g/mol. The van der Waals surface area contributed by atoms with Crippen molar-refractivity contribution >= 4 is 21.1 Å². The van der Waals surface area contributed by atoms with Crippen LogP contribution in [-0.2, 0) is 16.8 Å². The first-order chi connectivity index (χ1) is 11.9. The minimum Gasteiger partial charge on any atom is -0.494 e. The van der Waals surface area contributed by atoms with Gasteiger partial charge in [-0.1, -0.05) is 0 Å². The van der Waals surface area contributed by atoms with Crippen molar-refractivity contribution in [1.82, 2.24) is 14.2 Å². The molecule has 25 heavy (non-hydrogen) atoms. The predicted octanol–water partition coefficient (Wildman–Crippen LogP) is 0.248. The summed E-state index contributed by atoms with van der Waals surface area (Å²) < 4.78 is 29.5. The van der Waals surface area contributed by atoms with E-state index in [1.54, 1.807) is 0 Å². The average Bonchev–Trinajstić information content (AvgIpc) is 2.56. The minimum absolute atomic E-state index is 0.134. The highest BCUT2D eigenvalue weighted by Gasteiger charge is 2.24. The molecule has 1 fully saturated rings. The fourth-order valence-corrected chi connectivity index (χ4v) is 3.66. The molecule has 1 aromatic carbocycles. The molecule has 0 saturated carbocycles. The number of pyridine rings is 1. The first kappa shape index (κ1) is 17.9. The number of benzene rings is 1. The molecule has 0 bridgehead atoms. The smallest absolute Gasteiger partial charge is 0.276 e. The van der Waals surface area contributed by atoms with Crippen LogP contribution < -0.4 is 15.4 Å². The van der Waals surface area contributed by atoms with Gasteiger partial charge in [-0.2, -0.15) is 12.7 Å². The molecule has 0 amide bonds. The van der Waals surface area contributed by atoms with E-state index in [2.05, 4.69) is 4.98 Å². The highest BCUT2D eigenvalue weighted by Crippen LogP contribution is 2.20. The molecule has 2 heterocycles. The Hall–Kier alpha value is -1.94. The quantitative estimate of drug-likeness (QED) is 0.788. The lowest BCUT2D eigenvalue weighted by atomic mass is 10.1. The number of rotatable bonds is 5. The number of piperazine rings is 1. The normalized spacial score (nSPS) is 17.0. The van der Waals surface area contributed by atoms with E-state index in [0.717, 1.165) is 16.7 Å². The molecule has 1 aliphatic heterocycles. The number of aromatic nitrogens is 1. The summed E-state index contributed by atoms with van der Waals surface area (Å²) in [6, 6.07) is 7.42. The maximum atomic E-state index is 12.3. The molecule has 0 atom stereocenters. The largest absolute Gasteiger partial charge is 0.494 e. The van der Waals surface area contributed by atoms with Gasteiger partial charge in [0.05, 0.1) is 6.61 Å². The van der Waals surface area contributed by atoms with Crippen molar-refractivity contribution < 1.29 is 13.2 Å². The highest BCUT2D eigenvalue weighted by atomic mass is 32.2. The summed E-state index contributed by atoms with van der Waals surface area (Å²) >= 11 is 0. The predicted molar refractivity (Wildman–Crippen MR) is 95.7 cm³/mol. The van der Waals surface area contributed by atoms with Gasteiger partial charge in [-0.3, -0.25) is 9.69 Å². The Morgan fingerprint density at radius 3 is 2.56 bits per heavy atom. The summed E-state index contributed by atoms with van der Waals surface area (Å²) in [6.07, 6.45) is 0. The van der Waals surface area contributed by atoms with E-state index < -0.39 is 10.2 Å². The topological polar surface area (TPSA) is 109 Å². The number of aromatic amines is 1. The number of nitrogens with two attached hydrogens (primary N) is 1. The van der Waals surface area contributed by atoms with Gasteiger partial charge in [-0.05, 0) is 31.2 Å². The first-order valence-electron chi connectivity index (χ1n) is 8.16. The molecule has 136 valence electrons. The standard InChI is InChI=1S/C16H22N4O4S/c1-2-24-14-3-4-15-12(10-14)9-13(16(21)18-15)11-19-5-7-20(8-6-19)25(17,22)23/h3-4,9-10H,2,5-8,11H2,1H3,(H,18,21)(H2,17,22,23). The Labute approximate surface area is 146 Å². The van der Waals surface area contributed by atoms with Gasteiger partial charge in [0, 0.05) is 49.2 Å². The molecule has 1 aromatic heterocycles. The summed E-state index contributed by atoms with van der Waals surface area (Å²) in [4.78, 5) is 17.2. The first-order valence-corrected chi connectivity index (χ1v) is 9.66. The van der Waals surface area contributed by atoms with E-state index >= 15 is 0 Å². The Morgan fingerprint density at radius 1 is 1.20 bits per heavy atom. The van der Waals surface area contributed by atoms with Gasteiger partial charge in [0.2, 0.25) is 0 Å². The number of ether oxygens (including phenoxy) is 1. The zero-order valence-electron chi connectivity index (χ0n) is 14.1. The molecule has 0 aliphatic carbocycles. The van der Waals surface area contributed by atoms with E-state index in [-0.39, 0.29) is 5.56 Å². The molecule has 0 radical (unpaired) electrons. The van der Waals surface area contributed by atoms with Crippen molar-refractivity contribution in [2.75, 3.05) is 32.8 Å². The van der Waals surface area contributed by atoms with Crippen LogP contribution in [0, 0.1) is 0 Å². The third-order valence-electron chi connectivity index (χ3n) is 4.29. The SMILES string of the molecule is CCOc1ccc2[nH]c(=O)c(CN3CCN(S(N)(=O)=O)CC3)cc2c1. The third kappa shape index (κ3) is 4.18. The maximum Gasteiger partial charge on any atom is 0.276 e. The van der Waals surface area contributed by atoms with E-state index in [1.165, 1.54) is 4.31 Å². The van der Waals surface area contributed by atoms with Gasteiger partial charge in [-0.15, -0.1) is 0 Å². The fourth-order valence-electron chi connectivity index (χ4n) is 2.99. The van der Waals surface area contributed by atoms with Crippen molar-refractivity contribution in [1.29, 1.82) is 0 Å². The molecule has 9 heteroatoms. The Balaban J connectivity index is 1.77. The van der Waals surface area contributed by atoms with Gasteiger partial charge in [-0.25, -0.2) is 5.14 Å². The van der Waals surface area contributed by atoms with Crippen LogP contribution >= 0.6 is 0 Å². The van der Waals surface area contributed by atoms with E-state index in [1.807, 2.05) is 36.1 Å². The van der Waals surface area contributed by atoms with Crippen LogP contribution in [0.5, 0.6) is 5.75 Å². The molecule has 8 nitrogen and oxygen atoms in total. The van der Waals surface area contributed by atoms with Crippen LogP contribution in [0.1, 0.15) is 12.5 Å². The molecule has 3 N–H and O–H groups in total. The summed E-state index contributed by atoms with van der Waals surface area (Å²) in [7, 11) is -3.64. The van der Waals surface area contributed by atoms with Crippen molar-refractivity contribution in [2.45, 2.75) is 13.5 Å². The van der Waals surface area contributed by atoms with Gasteiger partial charge in [0.15, 0.2) is 0 Å². The second-order valence-electron chi connectivity index (χ2n) is 6.03. The molecule has 1 aliphatic rings. The third-order valence-corrected chi connectivity index (χ3v) is 5.37. The number of fused-ring (bicyclic) bond motifs is 1. The molecule has 0 spiro atoms. The van der Waals surface area contributed by atoms with E-state index in [0.29, 0.717) is 44.9 Å².